The van der Waals surface area contributed by atoms with Gasteiger partial charge in [-0.05, 0) is 38.5 Å². The summed E-state index contributed by atoms with van der Waals surface area (Å²) >= 11 is 0. The molecule has 1 N–H and O–H groups in total. The van der Waals surface area contributed by atoms with Crippen molar-refractivity contribution in [1.29, 1.82) is 0 Å². The third-order valence-electron chi connectivity index (χ3n) is 2.97. The van der Waals surface area contributed by atoms with E-state index in [1.807, 2.05) is 6.92 Å². The Bertz CT molecular complexity index is 699. The van der Waals surface area contributed by atoms with Crippen LogP contribution in [-0.4, -0.2) is 17.2 Å². The van der Waals surface area contributed by atoms with Crippen molar-refractivity contribution in [1.82, 2.24) is 0 Å². The molecule has 2 aromatic rings. The molecule has 0 aliphatic heterocycles. The van der Waals surface area contributed by atoms with Gasteiger partial charge in [0.25, 0.3) is 0 Å². The summed E-state index contributed by atoms with van der Waals surface area (Å²) in [6.07, 6.45) is -0.965. The summed E-state index contributed by atoms with van der Waals surface area (Å²) in [5.74, 6) is -0.652. The fourth-order valence-electron chi connectivity index (χ4n) is 1.87. The summed E-state index contributed by atoms with van der Waals surface area (Å²) in [4.78, 5) is 22.2. The monoisotopic (exact) mass is 262 g/mol. The number of rotatable bonds is 3. The van der Waals surface area contributed by atoms with E-state index >= 15 is 0 Å². The fraction of sp³-hybridized carbons (Fsp3) is 0.286. The lowest BCUT2D eigenvalue weighted by Gasteiger charge is -2.14. The maximum Gasteiger partial charge on any atom is 0.344 e. The van der Waals surface area contributed by atoms with Crippen molar-refractivity contribution >= 4 is 16.9 Å². The van der Waals surface area contributed by atoms with Gasteiger partial charge in [-0.3, -0.25) is 0 Å². The molecule has 19 heavy (non-hydrogen) atoms. The molecule has 5 heteroatoms. The highest BCUT2D eigenvalue weighted by molar-refractivity contribution is 5.84. The molecular weight excluding hydrogens is 248 g/mol. The normalized spacial score (nSPS) is 12.4. The second-order valence-electron chi connectivity index (χ2n) is 4.41. The van der Waals surface area contributed by atoms with E-state index in [-0.39, 0.29) is 0 Å². The smallest absolute Gasteiger partial charge is 0.344 e. The van der Waals surface area contributed by atoms with E-state index in [4.69, 9.17) is 14.3 Å². The molecule has 0 spiro atoms. The van der Waals surface area contributed by atoms with Crippen LogP contribution in [0.15, 0.2) is 27.4 Å². The lowest BCUT2D eigenvalue weighted by molar-refractivity contribution is -0.144. The molecule has 1 aromatic heterocycles. The van der Waals surface area contributed by atoms with E-state index in [1.165, 1.54) is 13.0 Å². The summed E-state index contributed by atoms with van der Waals surface area (Å²) in [6, 6.07) is 4.86. The first kappa shape index (κ1) is 13.1. The number of hydrogen-bond acceptors (Lipinski definition) is 4. The van der Waals surface area contributed by atoms with Crippen LogP contribution in [0, 0.1) is 13.8 Å². The topological polar surface area (TPSA) is 76.7 Å². The van der Waals surface area contributed by atoms with Crippen LogP contribution in [0.1, 0.15) is 18.1 Å². The highest BCUT2D eigenvalue weighted by Crippen LogP contribution is 2.28. The Morgan fingerprint density at radius 3 is 2.68 bits per heavy atom. The maximum atomic E-state index is 11.4. The van der Waals surface area contributed by atoms with Crippen LogP contribution in [0.5, 0.6) is 5.75 Å². The van der Waals surface area contributed by atoms with Crippen molar-refractivity contribution in [3.05, 3.63) is 39.7 Å². The molecule has 2 rings (SSSR count). The first-order valence-corrected chi connectivity index (χ1v) is 5.83. The molecule has 0 bridgehead atoms. The number of benzene rings is 1. The summed E-state index contributed by atoms with van der Waals surface area (Å²) in [5.41, 5.74) is 1.43. The minimum atomic E-state index is -1.05. The molecule has 0 aliphatic carbocycles. The SMILES string of the molecule is Cc1cc(=O)oc2c(C)c(O[C@@H](C)C(=O)O)ccc12. The lowest BCUT2D eigenvalue weighted by atomic mass is 10.1. The van der Waals surface area contributed by atoms with Gasteiger partial charge in [-0.2, -0.15) is 0 Å². The Kier molecular flexibility index (Phi) is 3.29. The standard InChI is InChI=1S/C14H14O5/c1-7-6-12(15)19-13-8(2)11(5-4-10(7)13)18-9(3)14(16)17/h4-6,9H,1-3H3,(H,16,17)/t9-/m0/s1. The second-order valence-corrected chi connectivity index (χ2v) is 4.41. The number of carbonyl (C=O) groups is 1. The van der Waals surface area contributed by atoms with Gasteiger partial charge < -0.3 is 14.3 Å². The van der Waals surface area contributed by atoms with Crippen molar-refractivity contribution < 1.29 is 19.1 Å². The van der Waals surface area contributed by atoms with Crippen LogP contribution in [0.4, 0.5) is 0 Å². The molecular formula is C14H14O5. The van der Waals surface area contributed by atoms with Crippen LogP contribution in [0.25, 0.3) is 11.0 Å². The Balaban J connectivity index is 2.57. The molecule has 0 aliphatic rings. The molecule has 5 nitrogen and oxygen atoms in total. The van der Waals surface area contributed by atoms with Crippen LogP contribution < -0.4 is 10.4 Å². The number of aryl methyl sites for hydroxylation is 2. The molecule has 0 radical (unpaired) electrons. The van der Waals surface area contributed by atoms with E-state index in [0.29, 0.717) is 16.9 Å². The average molecular weight is 262 g/mol. The number of ether oxygens (including phenoxy) is 1. The predicted octanol–water partition coefficient (Wildman–Crippen LogP) is 2.26. The quantitative estimate of drug-likeness (QED) is 0.858. The summed E-state index contributed by atoms with van der Waals surface area (Å²) in [6.45, 7) is 4.99. The van der Waals surface area contributed by atoms with Crippen molar-refractivity contribution in [2.75, 3.05) is 0 Å². The van der Waals surface area contributed by atoms with Gasteiger partial charge in [0.2, 0.25) is 0 Å². The summed E-state index contributed by atoms with van der Waals surface area (Å²) < 4.78 is 10.5. The van der Waals surface area contributed by atoms with Gasteiger partial charge in [0.05, 0.1) is 0 Å². The zero-order chi connectivity index (χ0) is 14.2. The second kappa shape index (κ2) is 4.76. The van der Waals surface area contributed by atoms with Crippen LogP contribution in [-0.2, 0) is 4.79 Å². The Morgan fingerprint density at radius 2 is 2.05 bits per heavy atom. The molecule has 0 fully saturated rings. The van der Waals surface area contributed by atoms with Gasteiger partial charge >= 0.3 is 11.6 Å². The number of hydrogen-bond donors (Lipinski definition) is 1. The fourth-order valence-corrected chi connectivity index (χ4v) is 1.87. The van der Waals surface area contributed by atoms with E-state index < -0.39 is 17.7 Å². The third-order valence-corrected chi connectivity index (χ3v) is 2.97. The van der Waals surface area contributed by atoms with E-state index in [9.17, 15) is 9.59 Å². The van der Waals surface area contributed by atoms with Crippen molar-refractivity contribution in [3.63, 3.8) is 0 Å². The molecule has 0 saturated carbocycles. The molecule has 0 amide bonds. The van der Waals surface area contributed by atoms with Crippen molar-refractivity contribution in [3.8, 4) is 5.75 Å². The van der Waals surface area contributed by atoms with E-state index in [2.05, 4.69) is 0 Å². The predicted molar refractivity (Wildman–Crippen MR) is 69.7 cm³/mol. The zero-order valence-corrected chi connectivity index (χ0v) is 10.9. The number of fused-ring (bicyclic) bond motifs is 1. The van der Waals surface area contributed by atoms with Gasteiger partial charge in [0.15, 0.2) is 6.10 Å². The van der Waals surface area contributed by atoms with E-state index in [1.54, 1.807) is 19.1 Å². The average Bonchev–Trinajstić information content (AvgIpc) is 2.33. The van der Waals surface area contributed by atoms with Gasteiger partial charge in [-0.15, -0.1) is 0 Å². The van der Waals surface area contributed by atoms with Crippen LogP contribution >= 0.6 is 0 Å². The Labute approximate surface area is 109 Å². The number of carboxylic acid groups (broad SMARTS) is 1. The first-order valence-electron chi connectivity index (χ1n) is 5.83. The number of aliphatic carboxylic acids is 1. The molecule has 0 saturated heterocycles. The summed E-state index contributed by atoms with van der Waals surface area (Å²) in [7, 11) is 0. The highest BCUT2D eigenvalue weighted by atomic mass is 16.5. The highest BCUT2D eigenvalue weighted by Gasteiger charge is 2.16. The minimum absolute atomic E-state index is 0.399. The Hall–Kier alpha value is -2.30. The molecule has 1 heterocycles. The van der Waals surface area contributed by atoms with E-state index in [0.717, 1.165) is 10.9 Å². The minimum Gasteiger partial charge on any atom is -0.479 e. The number of carboxylic acids is 1. The molecule has 100 valence electrons. The Morgan fingerprint density at radius 1 is 1.37 bits per heavy atom. The van der Waals surface area contributed by atoms with Gasteiger partial charge in [0.1, 0.15) is 11.3 Å². The van der Waals surface area contributed by atoms with Gasteiger partial charge in [-0.1, -0.05) is 0 Å². The maximum absolute atomic E-state index is 11.4. The molecule has 1 aromatic carbocycles. The first-order chi connectivity index (χ1) is 8.90. The lowest BCUT2D eigenvalue weighted by Crippen LogP contribution is -2.23. The zero-order valence-electron chi connectivity index (χ0n) is 10.9. The van der Waals surface area contributed by atoms with Gasteiger partial charge in [0, 0.05) is 17.0 Å². The van der Waals surface area contributed by atoms with Crippen molar-refractivity contribution in [2.45, 2.75) is 26.9 Å². The van der Waals surface area contributed by atoms with Crippen LogP contribution in [0.3, 0.4) is 0 Å². The summed E-state index contributed by atoms with van der Waals surface area (Å²) in [5, 5.41) is 9.65. The van der Waals surface area contributed by atoms with Crippen molar-refractivity contribution in [2.24, 2.45) is 0 Å². The molecule has 0 unspecified atom stereocenters. The molecule has 1 atom stereocenters. The third kappa shape index (κ3) is 2.45. The van der Waals surface area contributed by atoms with Gasteiger partial charge in [-0.25, -0.2) is 9.59 Å². The largest absolute Gasteiger partial charge is 0.479 e. The van der Waals surface area contributed by atoms with Crippen LogP contribution in [0.2, 0.25) is 0 Å².